The number of hydrogen-bond acceptors (Lipinski definition) is 3. The molecule has 148 valence electrons. The Morgan fingerprint density at radius 1 is 1.03 bits per heavy atom. The Hall–Kier alpha value is -2.63. The van der Waals surface area contributed by atoms with Crippen molar-refractivity contribution in [3.8, 4) is 0 Å². The van der Waals surface area contributed by atoms with Crippen LogP contribution < -0.4 is 9.80 Å². The number of rotatable bonds is 3. The van der Waals surface area contributed by atoms with E-state index in [1.165, 1.54) is 11.3 Å². The molecule has 4 nitrogen and oxygen atoms in total. The van der Waals surface area contributed by atoms with Crippen molar-refractivity contribution in [2.75, 3.05) is 9.80 Å². The molecule has 3 aromatic rings. The van der Waals surface area contributed by atoms with Gasteiger partial charge in [-0.15, -0.1) is 11.3 Å². The number of carbonyl (C=O) groups is 2. The van der Waals surface area contributed by atoms with Gasteiger partial charge in [-0.3, -0.25) is 9.59 Å². The number of halogens is 1. The molecule has 2 atom stereocenters. The highest BCUT2D eigenvalue weighted by molar-refractivity contribution is 7.18. The van der Waals surface area contributed by atoms with Crippen LogP contribution in [0.5, 0.6) is 0 Å². The van der Waals surface area contributed by atoms with Crippen LogP contribution in [0.25, 0.3) is 0 Å². The Bertz CT molecular complexity index is 1050. The van der Waals surface area contributed by atoms with Crippen LogP contribution >= 0.6 is 22.9 Å². The van der Waals surface area contributed by atoms with E-state index in [2.05, 4.69) is 0 Å². The molecule has 0 radical (unpaired) electrons. The molecule has 6 heteroatoms. The summed E-state index contributed by atoms with van der Waals surface area (Å²) in [6.07, 6.45) is 0.649. The predicted molar refractivity (Wildman–Crippen MR) is 119 cm³/mol. The third kappa shape index (κ3) is 3.68. The van der Waals surface area contributed by atoms with E-state index in [1.54, 1.807) is 19.1 Å². The van der Waals surface area contributed by atoms with Gasteiger partial charge in [0.15, 0.2) is 0 Å². The summed E-state index contributed by atoms with van der Waals surface area (Å²) in [6, 6.07) is 20.8. The minimum atomic E-state index is -0.142. The highest BCUT2D eigenvalue weighted by atomic mass is 35.5. The van der Waals surface area contributed by atoms with Crippen LogP contribution in [0.4, 0.5) is 11.4 Å². The number of carbonyl (C=O) groups excluding carboxylic acids is 2. The van der Waals surface area contributed by atoms with Gasteiger partial charge in [-0.05, 0) is 49.2 Å². The number of amides is 2. The second-order valence-corrected chi connectivity index (χ2v) is 8.88. The molecule has 1 aromatic heterocycles. The fourth-order valence-corrected chi connectivity index (χ4v) is 5.03. The summed E-state index contributed by atoms with van der Waals surface area (Å²) in [6.45, 7) is 3.62. The first-order valence-corrected chi connectivity index (χ1v) is 10.7. The molecule has 4 rings (SSSR count). The third-order valence-electron chi connectivity index (χ3n) is 5.25. The summed E-state index contributed by atoms with van der Waals surface area (Å²) in [5.41, 5.74) is 2.67. The molecule has 1 aliphatic heterocycles. The number of benzene rings is 2. The first-order valence-electron chi connectivity index (χ1n) is 9.50. The van der Waals surface area contributed by atoms with Gasteiger partial charge in [-0.1, -0.05) is 48.0 Å². The molecule has 2 heterocycles. The fraction of sp³-hybridized carbons (Fsp3) is 0.217. The lowest BCUT2D eigenvalue weighted by molar-refractivity contribution is -0.117. The summed E-state index contributed by atoms with van der Waals surface area (Å²) in [7, 11) is 0. The van der Waals surface area contributed by atoms with Crippen LogP contribution in [0.1, 0.15) is 41.5 Å². The topological polar surface area (TPSA) is 40.6 Å². The zero-order chi connectivity index (χ0) is 20.5. The lowest BCUT2D eigenvalue weighted by atomic mass is 9.89. The molecule has 0 N–H and O–H groups in total. The quantitative estimate of drug-likeness (QED) is 0.522. The summed E-state index contributed by atoms with van der Waals surface area (Å²) in [4.78, 5) is 30.2. The zero-order valence-corrected chi connectivity index (χ0v) is 17.8. The van der Waals surface area contributed by atoms with E-state index in [1.807, 2.05) is 71.3 Å². The average Bonchev–Trinajstić information content (AvgIpc) is 3.15. The molecule has 1 aliphatic rings. The third-order valence-corrected chi connectivity index (χ3v) is 6.47. The van der Waals surface area contributed by atoms with Gasteiger partial charge in [-0.2, -0.15) is 0 Å². The smallest absolute Gasteiger partial charge is 0.268 e. The molecule has 0 aliphatic carbocycles. The second kappa shape index (κ2) is 8.01. The van der Waals surface area contributed by atoms with Crippen molar-refractivity contribution < 1.29 is 9.59 Å². The normalized spacial score (nSPS) is 18.2. The van der Waals surface area contributed by atoms with Crippen LogP contribution in [0.15, 0.2) is 66.7 Å². The van der Waals surface area contributed by atoms with Crippen LogP contribution in [-0.4, -0.2) is 17.9 Å². The van der Waals surface area contributed by atoms with E-state index in [0.29, 0.717) is 15.6 Å². The monoisotopic (exact) mass is 424 g/mol. The molecule has 2 unspecified atom stereocenters. The van der Waals surface area contributed by atoms with E-state index < -0.39 is 0 Å². The molecular formula is C23H21ClN2O2S. The van der Waals surface area contributed by atoms with Gasteiger partial charge in [-0.25, -0.2) is 0 Å². The number of hydrogen-bond donors (Lipinski definition) is 0. The summed E-state index contributed by atoms with van der Waals surface area (Å²) < 4.78 is 0.594. The average molecular weight is 425 g/mol. The van der Waals surface area contributed by atoms with Gasteiger partial charge in [0.05, 0.1) is 15.3 Å². The van der Waals surface area contributed by atoms with Crippen LogP contribution in [0.2, 0.25) is 4.34 Å². The molecule has 0 bridgehead atoms. The van der Waals surface area contributed by atoms with Crippen LogP contribution in [0.3, 0.4) is 0 Å². The highest BCUT2D eigenvalue weighted by Gasteiger charge is 2.38. The van der Waals surface area contributed by atoms with Crippen LogP contribution in [0, 0.1) is 0 Å². The number of fused-ring (bicyclic) bond motifs is 1. The predicted octanol–water partition coefficient (Wildman–Crippen LogP) is 5.93. The van der Waals surface area contributed by atoms with E-state index in [0.717, 1.165) is 16.9 Å². The fourth-order valence-electron chi connectivity index (χ4n) is 4.05. The standard InChI is InChI=1S/C23H21ClN2O2S/c1-15-14-20(26(16(2)27)17-8-4-3-5-9-17)18-10-6-7-11-19(18)25(15)23(28)21-12-13-22(24)29-21/h3-13,15,20H,14H2,1-2H3. The maximum atomic E-state index is 13.3. The molecule has 0 fully saturated rings. The van der Waals surface area contributed by atoms with Crippen molar-refractivity contribution in [1.29, 1.82) is 0 Å². The van der Waals surface area contributed by atoms with Gasteiger partial charge < -0.3 is 9.80 Å². The minimum Gasteiger partial charge on any atom is -0.305 e. The minimum absolute atomic E-state index is 0.0204. The van der Waals surface area contributed by atoms with Crippen molar-refractivity contribution in [2.24, 2.45) is 0 Å². The lowest BCUT2D eigenvalue weighted by Crippen LogP contribution is -2.47. The summed E-state index contributed by atoms with van der Waals surface area (Å²) in [5, 5.41) is 0. The van der Waals surface area contributed by atoms with E-state index in [4.69, 9.17) is 11.6 Å². The number of nitrogens with zero attached hydrogens (tertiary/aromatic N) is 2. The highest BCUT2D eigenvalue weighted by Crippen LogP contribution is 2.43. The van der Waals surface area contributed by atoms with Gasteiger partial charge in [0.25, 0.3) is 5.91 Å². The summed E-state index contributed by atoms with van der Waals surface area (Å²) in [5.74, 6) is -0.0811. The summed E-state index contributed by atoms with van der Waals surface area (Å²) >= 11 is 7.34. The maximum absolute atomic E-state index is 13.3. The molecule has 0 spiro atoms. The Labute approximate surface area is 179 Å². The lowest BCUT2D eigenvalue weighted by Gasteiger charge is -2.43. The van der Waals surface area contributed by atoms with Gasteiger partial charge in [0.2, 0.25) is 5.91 Å². The van der Waals surface area contributed by atoms with Gasteiger partial charge >= 0.3 is 0 Å². The Balaban J connectivity index is 1.78. The molecule has 2 amide bonds. The Morgan fingerprint density at radius 2 is 1.72 bits per heavy atom. The second-order valence-electron chi connectivity index (χ2n) is 7.16. The Morgan fingerprint density at radius 3 is 2.38 bits per heavy atom. The van der Waals surface area contributed by atoms with Crippen molar-refractivity contribution in [3.63, 3.8) is 0 Å². The zero-order valence-electron chi connectivity index (χ0n) is 16.2. The molecule has 29 heavy (non-hydrogen) atoms. The van der Waals surface area contributed by atoms with E-state index in [-0.39, 0.29) is 23.9 Å². The van der Waals surface area contributed by atoms with E-state index in [9.17, 15) is 9.59 Å². The van der Waals surface area contributed by atoms with Gasteiger partial charge in [0.1, 0.15) is 0 Å². The van der Waals surface area contributed by atoms with Gasteiger partial charge in [0, 0.05) is 24.3 Å². The molecule has 0 saturated heterocycles. The SMILES string of the molecule is CC(=O)N(c1ccccc1)C1CC(C)N(C(=O)c2ccc(Cl)s2)c2ccccc21. The van der Waals surface area contributed by atoms with Crippen molar-refractivity contribution in [1.82, 2.24) is 0 Å². The maximum Gasteiger partial charge on any atom is 0.268 e. The van der Waals surface area contributed by atoms with E-state index >= 15 is 0 Å². The van der Waals surface area contributed by atoms with Crippen molar-refractivity contribution in [3.05, 3.63) is 81.5 Å². The first kappa shape index (κ1) is 19.7. The van der Waals surface area contributed by atoms with Crippen molar-refractivity contribution >= 4 is 46.1 Å². The number of thiophene rings is 1. The Kier molecular flexibility index (Phi) is 5.43. The molecule has 0 saturated carbocycles. The largest absolute Gasteiger partial charge is 0.305 e. The number of anilines is 2. The molecule has 2 aromatic carbocycles. The van der Waals surface area contributed by atoms with Crippen molar-refractivity contribution in [2.45, 2.75) is 32.4 Å². The first-order chi connectivity index (χ1) is 14.0. The molecular weight excluding hydrogens is 404 g/mol. The number of para-hydroxylation sites is 2. The van der Waals surface area contributed by atoms with Crippen LogP contribution in [-0.2, 0) is 4.79 Å².